The molecule has 122 valence electrons. The zero-order valence-electron chi connectivity index (χ0n) is 15.0. The van der Waals surface area contributed by atoms with E-state index >= 15 is 0 Å². The van der Waals surface area contributed by atoms with Gasteiger partial charge < -0.3 is 10.2 Å². The quantitative estimate of drug-likeness (QED) is 0.758. The zero-order valence-corrected chi connectivity index (χ0v) is 15.0. The number of nitrogens with one attached hydrogen (secondary N) is 1. The fourth-order valence-corrected chi connectivity index (χ4v) is 2.65. The molecule has 4 heteroatoms. The van der Waals surface area contributed by atoms with E-state index in [2.05, 4.69) is 63.9 Å². The van der Waals surface area contributed by atoms with Crippen LogP contribution in [0.3, 0.4) is 0 Å². The SMILES string of the molecule is CCC(C)CN(CC)c1c(CNCC(C)C)c(C)nn1C. The highest BCUT2D eigenvalue weighted by atomic mass is 15.4. The lowest BCUT2D eigenvalue weighted by Gasteiger charge is -2.27. The fraction of sp³-hybridized carbons (Fsp3) is 0.824. The number of hydrogen-bond donors (Lipinski definition) is 1. The Balaban J connectivity index is 2.92. The van der Waals surface area contributed by atoms with Crippen LogP contribution in [0, 0.1) is 18.8 Å². The van der Waals surface area contributed by atoms with E-state index in [1.54, 1.807) is 0 Å². The van der Waals surface area contributed by atoms with Gasteiger partial charge in [-0.15, -0.1) is 0 Å². The van der Waals surface area contributed by atoms with Crippen molar-refractivity contribution in [3.05, 3.63) is 11.3 Å². The van der Waals surface area contributed by atoms with Crippen LogP contribution in [-0.2, 0) is 13.6 Å². The first-order chi connectivity index (χ1) is 9.90. The number of rotatable bonds is 9. The van der Waals surface area contributed by atoms with Gasteiger partial charge in [-0.3, -0.25) is 4.68 Å². The summed E-state index contributed by atoms with van der Waals surface area (Å²) in [6.07, 6.45) is 1.22. The highest BCUT2D eigenvalue weighted by molar-refractivity contribution is 5.50. The maximum absolute atomic E-state index is 4.65. The summed E-state index contributed by atoms with van der Waals surface area (Å²) >= 11 is 0. The lowest BCUT2D eigenvalue weighted by molar-refractivity contribution is 0.533. The third kappa shape index (κ3) is 5.03. The van der Waals surface area contributed by atoms with Gasteiger partial charge in [0.1, 0.15) is 5.82 Å². The number of nitrogens with zero attached hydrogens (tertiary/aromatic N) is 3. The van der Waals surface area contributed by atoms with Crippen LogP contribution < -0.4 is 10.2 Å². The van der Waals surface area contributed by atoms with E-state index in [0.717, 1.165) is 31.9 Å². The smallest absolute Gasteiger partial charge is 0.131 e. The monoisotopic (exact) mass is 294 g/mol. The highest BCUT2D eigenvalue weighted by Crippen LogP contribution is 2.24. The van der Waals surface area contributed by atoms with Gasteiger partial charge in [-0.2, -0.15) is 5.10 Å². The predicted molar refractivity (Wildman–Crippen MR) is 91.8 cm³/mol. The Morgan fingerprint density at radius 3 is 2.43 bits per heavy atom. The third-order valence-electron chi connectivity index (χ3n) is 4.08. The molecule has 0 radical (unpaired) electrons. The van der Waals surface area contributed by atoms with Crippen molar-refractivity contribution in [1.82, 2.24) is 15.1 Å². The second-order valence-electron chi connectivity index (χ2n) is 6.59. The van der Waals surface area contributed by atoms with Gasteiger partial charge in [0.15, 0.2) is 0 Å². The van der Waals surface area contributed by atoms with Crippen LogP contribution in [-0.4, -0.2) is 29.4 Å². The summed E-state index contributed by atoms with van der Waals surface area (Å²) < 4.78 is 2.05. The second kappa shape index (κ2) is 8.42. The average Bonchev–Trinajstić information content (AvgIpc) is 2.70. The average molecular weight is 294 g/mol. The topological polar surface area (TPSA) is 33.1 Å². The Labute approximate surface area is 130 Å². The molecule has 1 unspecified atom stereocenters. The van der Waals surface area contributed by atoms with Crippen LogP contribution in [0.15, 0.2) is 0 Å². The summed E-state index contributed by atoms with van der Waals surface area (Å²) in [5.74, 6) is 2.66. The first-order valence-electron chi connectivity index (χ1n) is 8.38. The number of aryl methyl sites for hydroxylation is 2. The third-order valence-corrected chi connectivity index (χ3v) is 4.08. The van der Waals surface area contributed by atoms with Gasteiger partial charge in [0.05, 0.1) is 5.69 Å². The molecule has 1 rings (SSSR count). The number of aromatic nitrogens is 2. The Bertz CT molecular complexity index is 423. The largest absolute Gasteiger partial charge is 0.357 e. The lowest BCUT2D eigenvalue weighted by Crippen LogP contribution is -2.31. The van der Waals surface area contributed by atoms with E-state index in [-0.39, 0.29) is 0 Å². The summed E-state index contributed by atoms with van der Waals surface area (Å²) in [5.41, 5.74) is 2.50. The molecular formula is C17H34N4. The molecule has 1 N–H and O–H groups in total. The van der Waals surface area contributed by atoms with Crippen LogP contribution in [0.1, 0.15) is 52.3 Å². The van der Waals surface area contributed by atoms with Crippen LogP contribution in [0.25, 0.3) is 0 Å². The predicted octanol–water partition coefficient (Wildman–Crippen LogP) is 3.35. The van der Waals surface area contributed by atoms with E-state index in [0.29, 0.717) is 11.8 Å². The van der Waals surface area contributed by atoms with Crippen molar-refractivity contribution in [2.24, 2.45) is 18.9 Å². The molecule has 1 aromatic heterocycles. The Kier molecular flexibility index (Phi) is 7.23. The van der Waals surface area contributed by atoms with Crippen LogP contribution in [0.4, 0.5) is 5.82 Å². The molecule has 1 aromatic rings. The van der Waals surface area contributed by atoms with E-state index in [4.69, 9.17) is 0 Å². The van der Waals surface area contributed by atoms with Crippen molar-refractivity contribution in [3.63, 3.8) is 0 Å². The zero-order chi connectivity index (χ0) is 16.0. The van der Waals surface area contributed by atoms with Gasteiger partial charge in [-0.1, -0.05) is 34.1 Å². The van der Waals surface area contributed by atoms with Gasteiger partial charge in [0.25, 0.3) is 0 Å². The number of anilines is 1. The normalized spacial score (nSPS) is 13.0. The van der Waals surface area contributed by atoms with E-state index < -0.39 is 0 Å². The molecule has 0 aromatic carbocycles. The molecule has 0 saturated heterocycles. The first kappa shape index (κ1) is 18.0. The molecule has 21 heavy (non-hydrogen) atoms. The Hall–Kier alpha value is -1.03. The van der Waals surface area contributed by atoms with Crippen LogP contribution in [0.2, 0.25) is 0 Å². The standard InChI is InChI=1S/C17H34N4/c1-8-14(5)12-21(9-2)17-16(11-18-10-13(3)4)15(6)19-20(17)7/h13-14,18H,8-12H2,1-7H3. The molecule has 0 saturated carbocycles. The summed E-state index contributed by atoms with van der Waals surface area (Å²) in [7, 11) is 2.06. The van der Waals surface area contributed by atoms with Gasteiger partial charge in [0, 0.05) is 32.2 Å². The molecule has 0 aliphatic rings. The summed E-state index contributed by atoms with van der Waals surface area (Å²) in [6.45, 7) is 17.5. The minimum absolute atomic E-state index is 0.674. The van der Waals surface area contributed by atoms with Crippen molar-refractivity contribution in [1.29, 1.82) is 0 Å². The van der Waals surface area contributed by atoms with Gasteiger partial charge in [0.2, 0.25) is 0 Å². The van der Waals surface area contributed by atoms with Gasteiger partial charge in [-0.25, -0.2) is 0 Å². The molecule has 0 aliphatic heterocycles. The fourth-order valence-electron chi connectivity index (χ4n) is 2.65. The molecule has 0 spiro atoms. The molecule has 4 nitrogen and oxygen atoms in total. The maximum Gasteiger partial charge on any atom is 0.131 e. The first-order valence-corrected chi connectivity index (χ1v) is 8.38. The van der Waals surface area contributed by atoms with Gasteiger partial charge in [-0.05, 0) is 32.2 Å². The minimum Gasteiger partial charge on any atom is -0.357 e. The van der Waals surface area contributed by atoms with Crippen molar-refractivity contribution in [2.75, 3.05) is 24.5 Å². The minimum atomic E-state index is 0.674. The molecule has 0 fully saturated rings. The van der Waals surface area contributed by atoms with Crippen LogP contribution >= 0.6 is 0 Å². The number of hydrogen-bond acceptors (Lipinski definition) is 3. The molecule has 1 atom stereocenters. The molecular weight excluding hydrogens is 260 g/mol. The summed E-state index contributed by atoms with van der Waals surface area (Å²) in [5, 5.41) is 8.21. The Morgan fingerprint density at radius 2 is 1.90 bits per heavy atom. The molecule has 0 aliphatic carbocycles. The van der Waals surface area contributed by atoms with Crippen molar-refractivity contribution >= 4 is 5.82 Å². The van der Waals surface area contributed by atoms with E-state index in [1.807, 2.05) is 4.68 Å². The Morgan fingerprint density at radius 1 is 1.24 bits per heavy atom. The second-order valence-corrected chi connectivity index (χ2v) is 6.59. The van der Waals surface area contributed by atoms with Crippen molar-refractivity contribution in [3.8, 4) is 0 Å². The lowest BCUT2D eigenvalue weighted by atomic mass is 10.1. The molecule has 1 heterocycles. The molecule has 0 amide bonds. The van der Waals surface area contributed by atoms with Crippen molar-refractivity contribution in [2.45, 2.75) is 54.5 Å². The van der Waals surface area contributed by atoms with Gasteiger partial charge >= 0.3 is 0 Å². The highest BCUT2D eigenvalue weighted by Gasteiger charge is 2.19. The van der Waals surface area contributed by atoms with E-state index in [9.17, 15) is 0 Å². The molecule has 0 bridgehead atoms. The van der Waals surface area contributed by atoms with Crippen molar-refractivity contribution < 1.29 is 0 Å². The summed E-state index contributed by atoms with van der Waals surface area (Å²) in [6, 6.07) is 0. The summed E-state index contributed by atoms with van der Waals surface area (Å²) in [4.78, 5) is 2.47. The maximum atomic E-state index is 4.65. The van der Waals surface area contributed by atoms with E-state index in [1.165, 1.54) is 17.8 Å². The van der Waals surface area contributed by atoms with Crippen LogP contribution in [0.5, 0.6) is 0 Å².